The van der Waals surface area contributed by atoms with Crippen LogP contribution in [0.2, 0.25) is 0 Å². The molecule has 1 rings (SSSR count). The lowest BCUT2D eigenvalue weighted by Crippen LogP contribution is -2.15. The molecule has 6 heteroatoms. The number of aliphatic hydroxyl groups excluding tert-OH is 1. The summed E-state index contributed by atoms with van der Waals surface area (Å²) in [4.78, 5) is 0. The van der Waals surface area contributed by atoms with Crippen molar-refractivity contribution in [3.05, 3.63) is 20.6 Å². The monoisotopic (exact) mass is 325 g/mol. The summed E-state index contributed by atoms with van der Waals surface area (Å²) >= 11 is 6.28. The van der Waals surface area contributed by atoms with Gasteiger partial charge in [0.1, 0.15) is 0 Å². The first-order valence-corrected chi connectivity index (χ1v) is 5.34. The van der Waals surface area contributed by atoms with Crippen molar-refractivity contribution in [1.29, 1.82) is 0 Å². The van der Waals surface area contributed by atoms with Crippen LogP contribution in [-0.4, -0.2) is 21.9 Å². The molecular formula is C8H9Br2NO3. The van der Waals surface area contributed by atoms with Crippen molar-refractivity contribution in [3.63, 3.8) is 0 Å². The second kappa shape index (κ2) is 4.48. The van der Waals surface area contributed by atoms with Crippen LogP contribution in [0.25, 0.3) is 0 Å². The summed E-state index contributed by atoms with van der Waals surface area (Å²) in [5.74, 6) is -0.537. The minimum atomic E-state index is -0.604. The summed E-state index contributed by atoms with van der Waals surface area (Å²) in [6, 6.07) is 0.706. The molecule has 0 spiro atoms. The molecular weight excluding hydrogens is 318 g/mol. The topological polar surface area (TPSA) is 86.7 Å². The molecule has 5 N–H and O–H groups in total. The Morgan fingerprint density at radius 2 is 1.86 bits per heavy atom. The SMILES string of the molecule is NC(CO)c1cc(O)c(O)c(Br)c1Br. The third kappa shape index (κ3) is 2.03. The number of aliphatic hydroxyl groups is 1. The molecule has 0 aliphatic rings. The Kier molecular flexibility index (Phi) is 3.77. The van der Waals surface area contributed by atoms with Gasteiger partial charge in [-0.25, -0.2) is 0 Å². The molecule has 1 atom stereocenters. The van der Waals surface area contributed by atoms with Crippen LogP contribution >= 0.6 is 31.9 Å². The predicted octanol–water partition coefficient (Wildman–Crippen LogP) is 1.61. The van der Waals surface area contributed by atoms with E-state index in [1.54, 1.807) is 0 Å². The van der Waals surface area contributed by atoms with Gasteiger partial charge in [0.2, 0.25) is 0 Å². The van der Waals surface area contributed by atoms with Gasteiger partial charge in [0.25, 0.3) is 0 Å². The van der Waals surface area contributed by atoms with E-state index in [2.05, 4.69) is 31.9 Å². The predicted molar refractivity (Wildman–Crippen MR) is 59.2 cm³/mol. The van der Waals surface area contributed by atoms with Crippen molar-refractivity contribution in [2.75, 3.05) is 6.61 Å². The molecule has 78 valence electrons. The van der Waals surface area contributed by atoms with E-state index in [1.165, 1.54) is 6.07 Å². The lowest BCUT2D eigenvalue weighted by atomic mass is 10.1. The number of nitrogens with two attached hydrogens (primary N) is 1. The smallest absolute Gasteiger partial charge is 0.173 e. The molecule has 1 aromatic rings. The van der Waals surface area contributed by atoms with Crippen molar-refractivity contribution >= 4 is 31.9 Å². The van der Waals surface area contributed by atoms with Crippen LogP contribution in [0.3, 0.4) is 0 Å². The zero-order chi connectivity index (χ0) is 10.9. The van der Waals surface area contributed by atoms with Gasteiger partial charge in [0.15, 0.2) is 11.5 Å². The second-order valence-electron chi connectivity index (χ2n) is 2.75. The number of hydrogen-bond donors (Lipinski definition) is 4. The van der Waals surface area contributed by atoms with Crippen LogP contribution in [0.15, 0.2) is 15.0 Å². The largest absolute Gasteiger partial charge is 0.504 e. The normalized spacial score (nSPS) is 12.9. The Balaban J connectivity index is 3.33. The molecule has 4 nitrogen and oxygen atoms in total. The highest BCUT2D eigenvalue weighted by atomic mass is 79.9. The molecule has 0 saturated carbocycles. The van der Waals surface area contributed by atoms with Crippen molar-refractivity contribution in [3.8, 4) is 11.5 Å². The van der Waals surface area contributed by atoms with E-state index in [9.17, 15) is 10.2 Å². The van der Waals surface area contributed by atoms with Crippen LogP contribution in [0.5, 0.6) is 11.5 Å². The number of phenols is 2. The molecule has 0 bridgehead atoms. The molecule has 0 fully saturated rings. The second-order valence-corrected chi connectivity index (χ2v) is 4.34. The Hall–Kier alpha value is -0.300. The van der Waals surface area contributed by atoms with E-state index in [1.807, 2.05) is 0 Å². The molecule has 0 aromatic heterocycles. The molecule has 1 aromatic carbocycles. The maximum Gasteiger partial charge on any atom is 0.173 e. The van der Waals surface area contributed by atoms with Crippen LogP contribution in [0, 0.1) is 0 Å². The molecule has 0 amide bonds. The van der Waals surface area contributed by atoms with E-state index in [0.717, 1.165) is 0 Å². The standard InChI is InChI=1S/C8H9Br2NO3/c9-6-3(4(11)2-12)1-5(13)8(14)7(6)10/h1,4,12-14H,2,11H2. The number of halogens is 2. The maximum atomic E-state index is 9.34. The Morgan fingerprint density at radius 1 is 1.29 bits per heavy atom. The molecule has 0 radical (unpaired) electrons. The molecule has 14 heavy (non-hydrogen) atoms. The minimum absolute atomic E-state index is 0.241. The number of benzene rings is 1. The summed E-state index contributed by atoms with van der Waals surface area (Å²) in [7, 11) is 0. The summed E-state index contributed by atoms with van der Waals surface area (Å²) in [6.07, 6.45) is 0. The van der Waals surface area contributed by atoms with Crippen LogP contribution in [0.4, 0.5) is 0 Å². The van der Waals surface area contributed by atoms with Gasteiger partial charge in [0.05, 0.1) is 17.1 Å². The molecule has 0 aliphatic carbocycles. The zero-order valence-electron chi connectivity index (χ0n) is 7.04. The first-order chi connectivity index (χ1) is 6.49. The van der Waals surface area contributed by atoms with Gasteiger partial charge >= 0.3 is 0 Å². The van der Waals surface area contributed by atoms with E-state index >= 15 is 0 Å². The van der Waals surface area contributed by atoms with Crippen molar-refractivity contribution in [1.82, 2.24) is 0 Å². The number of hydrogen-bond acceptors (Lipinski definition) is 4. The van der Waals surface area contributed by atoms with Crippen LogP contribution < -0.4 is 5.73 Å². The average molecular weight is 327 g/mol. The van der Waals surface area contributed by atoms with E-state index in [0.29, 0.717) is 14.5 Å². The van der Waals surface area contributed by atoms with Gasteiger partial charge in [-0.1, -0.05) is 0 Å². The van der Waals surface area contributed by atoms with Gasteiger partial charge in [-0.3, -0.25) is 0 Å². The van der Waals surface area contributed by atoms with Crippen molar-refractivity contribution < 1.29 is 15.3 Å². The molecule has 1 unspecified atom stereocenters. The van der Waals surface area contributed by atoms with Crippen LogP contribution in [-0.2, 0) is 0 Å². The van der Waals surface area contributed by atoms with E-state index < -0.39 is 6.04 Å². The fourth-order valence-corrected chi connectivity index (χ4v) is 2.02. The highest BCUT2D eigenvalue weighted by molar-refractivity contribution is 9.13. The quantitative estimate of drug-likeness (QED) is 0.622. The lowest BCUT2D eigenvalue weighted by Gasteiger charge is -2.13. The summed E-state index contributed by atoms with van der Waals surface area (Å²) in [5, 5.41) is 27.5. The van der Waals surface area contributed by atoms with Gasteiger partial charge in [-0.2, -0.15) is 0 Å². The highest BCUT2D eigenvalue weighted by Gasteiger charge is 2.17. The maximum absolute atomic E-state index is 9.34. The molecule has 0 saturated heterocycles. The molecule has 0 heterocycles. The van der Waals surface area contributed by atoms with Crippen LogP contribution in [0.1, 0.15) is 11.6 Å². The fourth-order valence-electron chi connectivity index (χ4n) is 0.990. The Morgan fingerprint density at radius 3 is 2.36 bits per heavy atom. The third-order valence-corrected chi connectivity index (χ3v) is 3.94. The van der Waals surface area contributed by atoms with E-state index in [-0.39, 0.29) is 18.1 Å². The first-order valence-electron chi connectivity index (χ1n) is 3.75. The summed E-state index contributed by atoms with van der Waals surface area (Å²) < 4.78 is 0.839. The third-order valence-electron chi connectivity index (χ3n) is 1.79. The van der Waals surface area contributed by atoms with Gasteiger partial charge in [-0.05, 0) is 43.5 Å². The van der Waals surface area contributed by atoms with E-state index in [4.69, 9.17) is 10.8 Å². The van der Waals surface area contributed by atoms with Crippen molar-refractivity contribution in [2.45, 2.75) is 6.04 Å². The Bertz CT molecular complexity index is 357. The fraction of sp³-hybridized carbons (Fsp3) is 0.250. The minimum Gasteiger partial charge on any atom is -0.504 e. The molecule has 0 aliphatic heterocycles. The Labute approximate surface area is 97.6 Å². The van der Waals surface area contributed by atoms with Gasteiger partial charge in [-0.15, -0.1) is 0 Å². The lowest BCUT2D eigenvalue weighted by molar-refractivity contribution is 0.267. The number of phenolic OH excluding ortho intramolecular Hbond substituents is 2. The summed E-state index contributed by atoms with van der Waals surface area (Å²) in [5.41, 5.74) is 6.11. The van der Waals surface area contributed by atoms with Gasteiger partial charge in [0, 0.05) is 4.47 Å². The summed E-state index contributed by atoms with van der Waals surface area (Å²) in [6.45, 7) is -0.241. The zero-order valence-corrected chi connectivity index (χ0v) is 10.2. The number of aromatic hydroxyl groups is 2. The highest BCUT2D eigenvalue weighted by Crippen LogP contribution is 2.42. The first kappa shape index (κ1) is 11.8. The van der Waals surface area contributed by atoms with Crippen molar-refractivity contribution in [2.24, 2.45) is 5.73 Å². The number of rotatable bonds is 2. The average Bonchev–Trinajstić information content (AvgIpc) is 2.19. The van der Waals surface area contributed by atoms with Gasteiger partial charge < -0.3 is 21.1 Å².